The van der Waals surface area contributed by atoms with Crippen molar-refractivity contribution in [3.8, 4) is 5.75 Å². The molecule has 1 unspecified atom stereocenters. The van der Waals surface area contributed by atoms with Gasteiger partial charge >= 0.3 is 12.1 Å². The summed E-state index contributed by atoms with van der Waals surface area (Å²) in [6, 6.07) is 3.60. The minimum atomic E-state index is -0.549. The number of amides is 2. The number of aryl methyl sites for hydroxylation is 1. The van der Waals surface area contributed by atoms with Gasteiger partial charge < -0.3 is 19.7 Å². The van der Waals surface area contributed by atoms with Crippen LogP contribution in [0.2, 0.25) is 0 Å². The van der Waals surface area contributed by atoms with Crippen molar-refractivity contribution >= 4 is 35.4 Å². The van der Waals surface area contributed by atoms with E-state index in [4.69, 9.17) is 4.74 Å². The minimum Gasteiger partial charge on any atom is -0.453 e. The molecular formula is C16H20N2O5S. The number of hydrogen-bond donors (Lipinski definition) is 1. The van der Waals surface area contributed by atoms with E-state index in [9.17, 15) is 14.4 Å². The maximum Gasteiger partial charge on any atom is 0.406 e. The number of nitrogens with one attached hydrogen (secondary N) is 1. The zero-order valence-corrected chi connectivity index (χ0v) is 14.9. The number of alkyl carbamates (subject to hydrolysis) is 1. The molecule has 1 aliphatic heterocycles. The molecule has 2 rings (SSSR count). The lowest BCUT2D eigenvalue weighted by molar-refractivity contribution is -0.131. The van der Waals surface area contributed by atoms with Gasteiger partial charge in [-0.3, -0.25) is 9.59 Å². The first-order valence-electron chi connectivity index (χ1n) is 7.46. The fourth-order valence-corrected chi connectivity index (χ4v) is 3.52. The van der Waals surface area contributed by atoms with Crippen LogP contribution in [0, 0.1) is 6.92 Å². The molecule has 130 valence electrons. The van der Waals surface area contributed by atoms with Crippen LogP contribution in [0.4, 0.5) is 10.5 Å². The van der Waals surface area contributed by atoms with Crippen LogP contribution in [0.5, 0.6) is 5.75 Å². The molecule has 24 heavy (non-hydrogen) atoms. The lowest BCUT2D eigenvalue weighted by atomic mass is 10.1. The molecule has 0 radical (unpaired) electrons. The summed E-state index contributed by atoms with van der Waals surface area (Å²) in [5.74, 6) is -0.0490. The number of carbonyl (C=O) groups is 3. The van der Waals surface area contributed by atoms with Crippen LogP contribution in [0.3, 0.4) is 0 Å². The van der Waals surface area contributed by atoms with E-state index in [2.05, 4.69) is 10.1 Å². The Morgan fingerprint density at radius 3 is 2.71 bits per heavy atom. The number of carbonyl (C=O) groups excluding carboxylic acids is 3. The van der Waals surface area contributed by atoms with Gasteiger partial charge in [-0.05, 0) is 25.5 Å². The molecule has 0 spiro atoms. The van der Waals surface area contributed by atoms with E-state index in [0.29, 0.717) is 18.0 Å². The number of benzene rings is 1. The van der Waals surface area contributed by atoms with Crippen molar-refractivity contribution in [2.45, 2.75) is 30.9 Å². The topological polar surface area (TPSA) is 84.9 Å². The van der Waals surface area contributed by atoms with Crippen molar-refractivity contribution in [2.24, 2.45) is 0 Å². The van der Waals surface area contributed by atoms with Gasteiger partial charge in [-0.2, -0.15) is 0 Å². The smallest absolute Gasteiger partial charge is 0.406 e. The van der Waals surface area contributed by atoms with E-state index in [1.54, 1.807) is 11.0 Å². The Kier molecular flexibility index (Phi) is 5.71. The first-order chi connectivity index (χ1) is 11.3. The van der Waals surface area contributed by atoms with Gasteiger partial charge in [0.05, 0.1) is 18.0 Å². The molecule has 7 nitrogen and oxygen atoms in total. The molecule has 0 fully saturated rings. The van der Waals surface area contributed by atoms with Gasteiger partial charge in [0.1, 0.15) is 5.75 Å². The zero-order chi connectivity index (χ0) is 17.9. The number of fused-ring (bicyclic) bond motifs is 1. The van der Waals surface area contributed by atoms with Crippen LogP contribution in [-0.4, -0.2) is 43.4 Å². The molecule has 2 amide bonds. The Balaban J connectivity index is 2.29. The average molecular weight is 352 g/mol. The quantitative estimate of drug-likeness (QED) is 0.660. The normalized spacial score (nSPS) is 16.4. The number of hydrogen-bond acceptors (Lipinski definition) is 6. The first kappa shape index (κ1) is 18.1. The summed E-state index contributed by atoms with van der Waals surface area (Å²) in [5, 5.41) is 2.33. The average Bonchev–Trinajstić information content (AvgIpc) is 2.52. The predicted molar refractivity (Wildman–Crippen MR) is 90.6 cm³/mol. The summed E-state index contributed by atoms with van der Waals surface area (Å²) >= 11 is 1.47. The van der Waals surface area contributed by atoms with Crippen molar-refractivity contribution < 1.29 is 23.9 Å². The van der Waals surface area contributed by atoms with E-state index in [1.165, 1.54) is 25.8 Å². The van der Waals surface area contributed by atoms with Gasteiger partial charge in [0.15, 0.2) is 0 Å². The van der Waals surface area contributed by atoms with E-state index < -0.39 is 12.1 Å². The lowest BCUT2D eigenvalue weighted by Gasteiger charge is -2.33. The van der Waals surface area contributed by atoms with Crippen molar-refractivity contribution in [1.29, 1.82) is 0 Å². The molecule has 0 saturated carbocycles. The molecule has 1 heterocycles. The standard InChI is InChI=1S/C16H20N2O5S/c1-9-7-14-12(8-13(9)23-11(3)19)18(15(20)10(2)24-14)6-5-17-16(21)22-4/h7-8,10H,5-6H2,1-4H3,(H,17,21). The third-order valence-electron chi connectivity index (χ3n) is 3.51. The lowest BCUT2D eigenvalue weighted by Crippen LogP contribution is -2.44. The molecule has 1 atom stereocenters. The summed E-state index contributed by atoms with van der Waals surface area (Å²) in [6.45, 7) is 5.58. The molecule has 8 heteroatoms. The van der Waals surface area contributed by atoms with Gasteiger partial charge in [-0.15, -0.1) is 11.8 Å². The molecule has 0 bridgehead atoms. The largest absolute Gasteiger partial charge is 0.453 e. The summed E-state index contributed by atoms with van der Waals surface area (Å²) < 4.78 is 9.73. The van der Waals surface area contributed by atoms with Gasteiger partial charge in [0.2, 0.25) is 5.91 Å². The molecule has 1 aromatic carbocycles. The molecule has 1 aliphatic rings. The summed E-state index contributed by atoms with van der Waals surface area (Å²) in [4.78, 5) is 37.4. The number of thioether (sulfide) groups is 1. The van der Waals surface area contributed by atoms with Crippen LogP contribution in [0.15, 0.2) is 17.0 Å². The Hall–Kier alpha value is -2.22. The van der Waals surface area contributed by atoms with Crippen molar-refractivity contribution in [3.63, 3.8) is 0 Å². The second-order valence-electron chi connectivity index (χ2n) is 5.35. The fourth-order valence-electron chi connectivity index (χ4n) is 2.37. The van der Waals surface area contributed by atoms with Crippen LogP contribution in [-0.2, 0) is 14.3 Å². The molecule has 1 aromatic rings. The van der Waals surface area contributed by atoms with E-state index in [-0.39, 0.29) is 17.7 Å². The molecule has 0 aliphatic carbocycles. The number of esters is 1. The first-order valence-corrected chi connectivity index (χ1v) is 8.34. The predicted octanol–water partition coefficient (Wildman–Crippen LogP) is 2.10. The van der Waals surface area contributed by atoms with E-state index >= 15 is 0 Å². The van der Waals surface area contributed by atoms with Crippen LogP contribution >= 0.6 is 11.8 Å². The van der Waals surface area contributed by atoms with Crippen molar-refractivity contribution in [2.75, 3.05) is 25.1 Å². The summed E-state index contributed by atoms with van der Waals surface area (Å²) in [6.07, 6.45) is -0.549. The number of nitrogens with zero attached hydrogens (tertiary/aromatic N) is 1. The number of rotatable bonds is 4. The van der Waals surface area contributed by atoms with E-state index in [0.717, 1.165) is 10.5 Å². The van der Waals surface area contributed by atoms with Crippen molar-refractivity contribution in [1.82, 2.24) is 5.32 Å². The number of anilines is 1. The van der Waals surface area contributed by atoms with Crippen LogP contribution < -0.4 is 15.0 Å². The monoisotopic (exact) mass is 352 g/mol. The molecule has 0 aromatic heterocycles. The van der Waals surface area contributed by atoms with Crippen LogP contribution in [0.25, 0.3) is 0 Å². The summed E-state index contributed by atoms with van der Waals surface area (Å²) in [7, 11) is 1.28. The minimum absolute atomic E-state index is 0.0585. The Morgan fingerprint density at radius 1 is 1.38 bits per heavy atom. The zero-order valence-electron chi connectivity index (χ0n) is 14.0. The SMILES string of the molecule is COC(=O)NCCN1C(=O)C(C)Sc2cc(C)c(OC(C)=O)cc21. The van der Waals surface area contributed by atoms with Crippen molar-refractivity contribution in [3.05, 3.63) is 17.7 Å². The maximum atomic E-state index is 12.5. The highest BCUT2D eigenvalue weighted by atomic mass is 32.2. The number of methoxy groups -OCH3 is 1. The Bertz CT molecular complexity index is 677. The fraction of sp³-hybridized carbons (Fsp3) is 0.438. The van der Waals surface area contributed by atoms with Gasteiger partial charge in [-0.1, -0.05) is 0 Å². The highest BCUT2D eigenvalue weighted by Crippen LogP contribution is 2.42. The van der Waals surface area contributed by atoms with Gasteiger partial charge in [0, 0.05) is 31.0 Å². The third kappa shape index (κ3) is 4.00. The third-order valence-corrected chi connectivity index (χ3v) is 4.64. The highest BCUT2D eigenvalue weighted by molar-refractivity contribution is 8.01. The molecule has 0 saturated heterocycles. The van der Waals surface area contributed by atoms with Gasteiger partial charge in [0.25, 0.3) is 0 Å². The summed E-state index contributed by atoms with van der Waals surface area (Å²) in [5.41, 5.74) is 1.50. The van der Waals surface area contributed by atoms with E-state index in [1.807, 2.05) is 19.9 Å². The van der Waals surface area contributed by atoms with Crippen LogP contribution in [0.1, 0.15) is 19.4 Å². The Labute approximate surface area is 144 Å². The molecule has 1 N–H and O–H groups in total. The Morgan fingerprint density at radius 2 is 2.08 bits per heavy atom. The highest BCUT2D eigenvalue weighted by Gasteiger charge is 2.31. The molecular weight excluding hydrogens is 332 g/mol. The number of ether oxygens (including phenoxy) is 2. The maximum absolute atomic E-state index is 12.5. The van der Waals surface area contributed by atoms with Gasteiger partial charge in [-0.25, -0.2) is 4.79 Å². The second kappa shape index (κ2) is 7.57. The second-order valence-corrected chi connectivity index (χ2v) is 6.73.